The van der Waals surface area contributed by atoms with Crippen molar-refractivity contribution in [3.05, 3.63) is 23.8 Å². The smallest absolute Gasteiger partial charge is 0.418 e. The largest absolute Gasteiger partial charge is 0.497 e. The van der Waals surface area contributed by atoms with Crippen LogP contribution < -0.4 is 10.1 Å². The Bertz CT molecular complexity index is 476. The minimum atomic E-state index is -4.39. The summed E-state index contributed by atoms with van der Waals surface area (Å²) in [6.45, 7) is 1.52. The van der Waals surface area contributed by atoms with Crippen molar-refractivity contribution in [2.75, 3.05) is 32.6 Å². The molecule has 0 spiro atoms. The minimum Gasteiger partial charge on any atom is -0.497 e. The molecule has 118 valence electrons. The first kappa shape index (κ1) is 15.9. The van der Waals surface area contributed by atoms with Gasteiger partial charge in [-0.25, -0.2) is 0 Å². The van der Waals surface area contributed by atoms with E-state index in [0.717, 1.165) is 31.9 Å². The van der Waals surface area contributed by atoms with Gasteiger partial charge < -0.3 is 15.0 Å². The Hall–Kier alpha value is -1.43. The summed E-state index contributed by atoms with van der Waals surface area (Å²) in [5.41, 5.74) is -0.567. The lowest BCUT2D eigenvalue weighted by molar-refractivity contribution is -0.137. The van der Waals surface area contributed by atoms with Crippen LogP contribution in [0, 0.1) is 0 Å². The quantitative estimate of drug-likeness (QED) is 0.919. The molecule has 1 unspecified atom stereocenters. The van der Waals surface area contributed by atoms with Crippen molar-refractivity contribution in [2.45, 2.75) is 31.5 Å². The van der Waals surface area contributed by atoms with E-state index in [1.54, 1.807) is 6.07 Å². The summed E-state index contributed by atoms with van der Waals surface area (Å²) in [6, 6.07) is 4.29. The summed E-state index contributed by atoms with van der Waals surface area (Å²) >= 11 is 0. The number of benzene rings is 1. The Morgan fingerprint density at radius 1 is 1.33 bits per heavy atom. The van der Waals surface area contributed by atoms with Gasteiger partial charge in [-0.3, -0.25) is 0 Å². The maximum atomic E-state index is 13.1. The number of nitrogens with one attached hydrogen (secondary N) is 1. The number of halogens is 3. The van der Waals surface area contributed by atoms with E-state index in [-0.39, 0.29) is 17.5 Å². The first-order chi connectivity index (χ1) is 9.91. The summed E-state index contributed by atoms with van der Waals surface area (Å²) < 4.78 is 44.2. The maximum Gasteiger partial charge on any atom is 0.418 e. The van der Waals surface area contributed by atoms with Crippen molar-refractivity contribution in [3.63, 3.8) is 0 Å². The van der Waals surface area contributed by atoms with Crippen molar-refractivity contribution in [1.82, 2.24) is 4.90 Å². The van der Waals surface area contributed by atoms with Gasteiger partial charge in [0.2, 0.25) is 0 Å². The Morgan fingerprint density at radius 3 is 2.71 bits per heavy atom. The highest BCUT2D eigenvalue weighted by atomic mass is 19.4. The molecular formula is C15H21F3N2O. The van der Waals surface area contributed by atoms with Crippen LogP contribution in [0.2, 0.25) is 0 Å². The molecule has 0 saturated carbocycles. The van der Waals surface area contributed by atoms with Gasteiger partial charge in [0.15, 0.2) is 0 Å². The highest BCUT2D eigenvalue weighted by Gasteiger charge is 2.34. The molecule has 3 nitrogen and oxygen atoms in total. The molecule has 1 aromatic rings. The molecule has 1 aliphatic rings. The van der Waals surface area contributed by atoms with Gasteiger partial charge in [0.05, 0.1) is 12.7 Å². The average Bonchev–Trinajstić information content (AvgIpc) is 2.45. The zero-order chi connectivity index (χ0) is 15.5. The number of likely N-dealkylation sites (N-methyl/N-ethyl adjacent to an activating group) is 1. The SMILES string of the molecule is COc1ccc(NCC2CCCCN2C)c(C(F)(F)F)c1. The lowest BCUT2D eigenvalue weighted by Crippen LogP contribution is -2.40. The lowest BCUT2D eigenvalue weighted by atomic mass is 10.0. The molecule has 2 rings (SSSR count). The van der Waals surface area contributed by atoms with E-state index in [4.69, 9.17) is 4.74 Å². The predicted octanol–water partition coefficient (Wildman–Crippen LogP) is 3.61. The summed E-state index contributed by atoms with van der Waals surface area (Å²) in [5, 5.41) is 2.95. The lowest BCUT2D eigenvalue weighted by Gasteiger charge is -2.33. The van der Waals surface area contributed by atoms with Crippen LogP contribution in [0.25, 0.3) is 0 Å². The highest BCUT2D eigenvalue weighted by molar-refractivity contribution is 5.55. The van der Waals surface area contributed by atoms with Gasteiger partial charge >= 0.3 is 6.18 Å². The Labute approximate surface area is 123 Å². The average molecular weight is 302 g/mol. The van der Waals surface area contributed by atoms with E-state index in [2.05, 4.69) is 10.2 Å². The number of anilines is 1. The first-order valence-electron chi connectivity index (χ1n) is 7.11. The molecule has 0 aliphatic carbocycles. The van der Waals surface area contributed by atoms with Crippen LogP contribution in [0.5, 0.6) is 5.75 Å². The number of piperidine rings is 1. The molecular weight excluding hydrogens is 281 g/mol. The van der Waals surface area contributed by atoms with Crippen LogP contribution in [0.15, 0.2) is 18.2 Å². The molecule has 0 aromatic heterocycles. The molecule has 0 radical (unpaired) electrons. The van der Waals surface area contributed by atoms with Gasteiger partial charge in [-0.1, -0.05) is 6.42 Å². The Morgan fingerprint density at radius 2 is 2.10 bits per heavy atom. The fourth-order valence-corrected chi connectivity index (χ4v) is 2.67. The maximum absolute atomic E-state index is 13.1. The summed E-state index contributed by atoms with van der Waals surface area (Å²) in [7, 11) is 3.38. The van der Waals surface area contributed by atoms with Gasteiger partial charge in [-0.05, 0) is 44.6 Å². The van der Waals surface area contributed by atoms with Crippen LogP contribution in [0.1, 0.15) is 24.8 Å². The van der Waals surface area contributed by atoms with Crippen LogP contribution in [-0.4, -0.2) is 38.2 Å². The molecule has 21 heavy (non-hydrogen) atoms. The highest BCUT2D eigenvalue weighted by Crippen LogP contribution is 2.37. The third-order valence-corrected chi connectivity index (χ3v) is 3.98. The number of ether oxygens (including phenoxy) is 1. The van der Waals surface area contributed by atoms with E-state index in [1.807, 2.05) is 7.05 Å². The number of methoxy groups -OCH3 is 1. The summed E-state index contributed by atoms with van der Waals surface area (Å²) in [5.74, 6) is 0.211. The Kier molecular flexibility index (Phi) is 4.98. The second-order valence-corrected chi connectivity index (χ2v) is 5.42. The van der Waals surface area contributed by atoms with E-state index >= 15 is 0 Å². The number of nitrogens with zero attached hydrogens (tertiary/aromatic N) is 1. The summed E-state index contributed by atoms with van der Waals surface area (Å²) in [4.78, 5) is 2.20. The Balaban J connectivity index is 2.11. The van der Waals surface area contributed by atoms with Gasteiger partial charge in [0.1, 0.15) is 5.75 Å². The van der Waals surface area contributed by atoms with Gasteiger partial charge in [0, 0.05) is 18.3 Å². The molecule has 0 bridgehead atoms. The number of likely N-dealkylation sites (tertiary alicyclic amines) is 1. The van der Waals surface area contributed by atoms with Crippen molar-refractivity contribution >= 4 is 5.69 Å². The molecule has 1 fully saturated rings. The number of alkyl halides is 3. The van der Waals surface area contributed by atoms with E-state index in [9.17, 15) is 13.2 Å². The molecule has 1 heterocycles. The topological polar surface area (TPSA) is 24.5 Å². The second kappa shape index (κ2) is 6.56. The predicted molar refractivity (Wildman–Crippen MR) is 76.8 cm³/mol. The van der Waals surface area contributed by atoms with Crippen LogP contribution in [0.4, 0.5) is 18.9 Å². The number of rotatable bonds is 4. The monoisotopic (exact) mass is 302 g/mol. The molecule has 1 N–H and O–H groups in total. The first-order valence-corrected chi connectivity index (χ1v) is 7.11. The molecule has 1 atom stereocenters. The van der Waals surface area contributed by atoms with Crippen LogP contribution in [-0.2, 0) is 6.18 Å². The van der Waals surface area contributed by atoms with Gasteiger partial charge in [-0.2, -0.15) is 13.2 Å². The van der Waals surface area contributed by atoms with Gasteiger partial charge in [-0.15, -0.1) is 0 Å². The second-order valence-electron chi connectivity index (χ2n) is 5.42. The zero-order valence-electron chi connectivity index (χ0n) is 12.3. The normalized spacial score (nSPS) is 20.3. The van der Waals surface area contributed by atoms with Crippen molar-refractivity contribution in [2.24, 2.45) is 0 Å². The molecule has 1 aliphatic heterocycles. The minimum absolute atomic E-state index is 0.113. The van der Waals surface area contributed by atoms with E-state index < -0.39 is 11.7 Å². The van der Waals surface area contributed by atoms with E-state index in [0.29, 0.717) is 6.54 Å². The van der Waals surface area contributed by atoms with Crippen LogP contribution >= 0.6 is 0 Å². The number of hydrogen-bond acceptors (Lipinski definition) is 3. The molecule has 0 amide bonds. The van der Waals surface area contributed by atoms with Gasteiger partial charge in [0.25, 0.3) is 0 Å². The molecule has 6 heteroatoms. The fraction of sp³-hybridized carbons (Fsp3) is 0.600. The fourth-order valence-electron chi connectivity index (χ4n) is 2.67. The summed E-state index contributed by atoms with van der Waals surface area (Å²) in [6.07, 6.45) is -1.09. The molecule has 1 aromatic carbocycles. The van der Waals surface area contributed by atoms with Crippen molar-refractivity contribution in [1.29, 1.82) is 0 Å². The van der Waals surface area contributed by atoms with Crippen LogP contribution in [0.3, 0.4) is 0 Å². The third kappa shape index (κ3) is 4.03. The zero-order valence-corrected chi connectivity index (χ0v) is 12.3. The molecule has 1 saturated heterocycles. The number of hydrogen-bond donors (Lipinski definition) is 1. The van der Waals surface area contributed by atoms with Crippen molar-refractivity contribution in [3.8, 4) is 5.75 Å². The standard InChI is InChI=1S/C15H21F3N2O/c1-20-8-4-3-5-11(20)10-19-14-7-6-12(21-2)9-13(14)15(16,17)18/h6-7,9,11,19H,3-5,8,10H2,1-2H3. The van der Waals surface area contributed by atoms with E-state index in [1.165, 1.54) is 13.2 Å². The third-order valence-electron chi connectivity index (χ3n) is 3.98. The van der Waals surface area contributed by atoms with Crippen molar-refractivity contribution < 1.29 is 17.9 Å².